The van der Waals surface area contributed by atoms with E-state index in [0.717, 1.165) is 79.7 Å². The molecule has 0 spiro atoms. The van der Waals surface area contributed by atoms with Crippen molar-refractivity contribution < 1.29 is 9.84 Å². The highest BCUT2D eigenvalue weighted by atomic mass is 32.1. The van der Waals surface area contributed by atoms with Crippen molar-refractivity contribution in [2.75, 3.05) is 49.2 Å². The Morgan fingerprint density at radius 3 is 2.86 bits per heavy atom. The molecule has 4 heterocycles. The van der Waals surface area contributed by atoms with Crippen LogP contribution < -0.4 is 9.80 Å². The summed E-state index contributed by atoms with van der Waals surface area (Å²) in [5.74, 6) is 0.979. The lowest BCUT2D eigenvalue weighted by atomic mass is 9.92. The van der Waals surface area contributed by atoms with Crippen molar-refractivity contribution in [2.45, 2.75) is 18.9 Å². The molecule has 2 aliphatic rings. The predicted molar refractivity (Wildman–Crippen MR) is 112 cm³/mol. The number of aliphatic hydroxyl groups excluding tert-OH is 1. The average Bonchev–Trinajstić information content (AvgIpc) is 3.33. The lowest BCUT2D eigenvalue weighted by Crippen LogP contribution is -2.38. The Labute approximate surface area is 173 Å². The van der Waals surface area contributed by atoms with Crippen LogP contribution in [0.2, 0.25) is 0 Å². The molecule has 2 saturated heterocycles. The normalized spacial score (nSPS) is 21.5. The van der Waals surface area contributed by atoms with E-state index in [9.17, 15) is 5.11 Å². The van der Waals surface area contributed by atoms with Crippen LogP contribution in [0.25, 0.3) is 10.9 Å². The maximum atomic E-state index is 10.7. The summed E-state index contributed by atoms with van der Waals surface area (Å²) in [4.78, 5) is 8.84. The largest absolute Gasteiger partial charge is 0.386 e. The number of ether oxygens (including phenoxy) is 1. The number of hydrogen-bond acceptors (Lipinski definition) is 9. The van der Waals surface area contributed by atoms with E-state index in [1.54, 1.807) is 6.20 Å². The summed E-state index contributed by atoms with van der Waals surface area (Å²) in [6, 6.07) is 6.31. The van der Waals surface area contributed by atoms with Gasteiger partial charge in [0.2, 0.25) is 0 Å². The van der Waals surface area contributed by atoms with E-state index < -0.39 is 6.10 Å². The third-order valence-corrected chi connectivity index (χ3v) is 6.64. The van der Waals surface area contributed by atoms with Gasteiger partial charge in [-0.05, 0) is 36.3 Å². The summed E-state index contributed by atoms with van der Waals surface area (Å²) < 4.78 is 5.45. The quantitative estimate of drug-likeness (QED) is 0.698. The van der Waals surface area contributed by atoms with Gasteiger partial charge in [-0.3, -0.25) is 0 Å². The lowest BCUT2D eigenvalue weighted by Gasteiger charge is -2.35. The molecule has 152 valence electrons. The molecule has 2 fully saturated rings. The van der Waals surface area contributed by atoms with E-state index in [0.29, 0.717) is 0 Å². The van der Waals surface area contributed by atoms with Gasteiger partial charge in [-0.25, -0.2) is 4.98 Å². The fraction of sp³-hybridized carbons (Fsp3) is 0.500. The number of aromatic nitrogens is 4. The van der Waals surface area contributed by atoms with Gasteiger partial charge in [-0.1, -0.05) is 0 Å². The van der Waals surface area contributed by atoms with Gasteiger partial charge in [0, 0.05) is 54.7 Å². The minimum atomic E-state index is -0.535. The zero-order valence-electron chi connectivity index (χ0n) is 16.1. The second-order valence-electron chi connectivity index (χ2n) is 7.58. The standard InChI is InChI=1S/C20H24N6O2S/c27-18(20-21-5-11-29-20)14-2-1-6-26(13-14)19-16-4-3-15(12-17(16)22-24-23-19)25-7-9-28-10-8-25/h3-5,11-12,14,18,27H,1-2,6-10,13H2. The monoisotopic (exact) mass is 412 g/mol. The summed E-state index contributed by atoms with van der Waals surface area (Å²) in [5, 5.41) is 27.1. The number of nitrogens with zero attached hydrogens (tertiary/aromatic N) is 6. The number of anilines is 2. The van der Waals surface area contributed by atoms with E-state index in [1.807, 2.05) is 5.38 Å². The lowest BCUT2D eigenvalue weighted by molar-refractivity contribution is 0.0977. The van der Waals surface area contributed by atoms with Crippen molar-refractivity contribution in [1.82, 2.24) is 20.4 Å². The fourth-order valence-corrected chi connectivity index (χ4v) is 4.97. The molecule has 0 saturated carbocycles. The van der Waals surface area contributed by atoms with Crippen molar-refractivity contribution in [1.29, 1.82) is 0 Å². The summed E-state index contributed by atoms with van der Waals surface area (Å²) in [6.45, 7) is 4.92. The molecule has 0 radical (unpaired) electrons. The van der Waals surface area contributed by atoms with Gasteiger partial charge in [0.25, 0.3) is 0 Å². The molecule has 2 aromatic heterocycles. The van der Waals surface area contributed by atoms with E-state index in [1.165, 1.54) is 11.3 Å². The van der Waals surface area contributed by atoms with Crippen LogP contribution in [0.15, 0.2) is 29.8 Å². The number of fused-ring (bicyclic) bond motifs is 1. The highest BCUT2D eigenvalue weighted by molar-refractivity contribution is 7.09. The van der Waals surface area contributed by atoms with Crippen LogP contribution in [0.3, 0.4) is 0 Å². The summed E-state index contributed by atoms with van der Waals surface area (Å²) in [6.07, 6.45) is 3.20. The van der Waals surface area contributed by atoms with Gasteiger partial charge >= 0.3 is 0 Å². The first kappa shape index (κ1) is 18.7. The smallest absolute Gasteiger partial charge is 0.162 e. The molecule has 0 aliphatic carbocycles. The van der Waals surface area contributed by atoms with E-state index in [-0.39, 0.29) is 5.92 Å². The van der Waals surface area contributed by atoms with Crippen molar-refractivity contribution in [2.24, 2.45) is 5.92 Å². The third kappa shape index (κ3) is 3.77. The Balaban J connectivity index is 1.40. The highest BCUT2D eigenvalue weighted by Crippen LogP contribution is 2.34. The van der Waals surface area contributed by atoms with Gasteiger partial charge in [0.1, 0.15) is 16.6 Å². The van der Waals surface area contributed by atoms with Crippen LogP contribution in [0, 0.1) is 5.92 Å². The van der Waals surface area contributed by atoms with Gasteiger partial charge in [0.15, 0.2) is 5.82 Å². The number of hydrogen-bond donors (Lipinski definition) is 1. The van der Waals surface area contributed by atoms with Crippen LogP contribution in [0.4, 0.5) is 11.5 Å². The zero-order chi connectivity index (χ0) is 19.6. The molecule has 2 atom stereocenters. The van der Waals surface area contributed by atoms with Gasteiger partial charge in [0.05, 0.1) is 13.2 Å². The molecule has 8 nitrogen and oxygen atoms in total. The van der Waals surface area contributed by atoms with Gasteiger partial charge < -0.3 is 19.6 Å². The number of rotatable bonds is 4. The fourth-order valence-electron chi connectivity index (χ4n) is 4.25. The number of morpholine rings is 1. The molecule has 0 amide bonds. The number of thiazole rings is 1. The summed E-state index contributed by atoms with van der Waals surface area (Å²) in [7, 11) is 0. The van der Waals surface area contributed by atoms with Crippen molar-refractivity contribution in [3.63, 3.8) is 0 Å². The van der Waals surface area contributed by atoms with Crippen molar-refractivity contribution >= 4 is 33.7 Å². The first-order valence-corrected chi connectivity index (χ1v) is 11.0. The van der Waals surface area contributed by atoms with Gasteiger partial charge in [-0.15, -0.1) is 21.5 Å². The molecular formula is C20H24N6O2S. The highest BCUT2D eigenvalue weighted by Gasteiger charge is 2.30. The van der Waals surface area contributed by atoms with Crippen molar-refractivity contribution in [3.8, 4) is 0 Å². The van der Waals surface area contributed by atoms with Crippen LogP contribution >= 0.6 is 11.3 Å². The third-order valence-electron chi connectivity index (χ3n) is 5.80. The van der Waals surface area contributed by atoms with Crippen LogP contribution in [0.5, 0.6) is 0 Å². The molecule has 0 bridgehead atoms. The molecule has 29 heavy (non-hydrogen) atoms. The molecule has 9 heteroatoms. The Kier molecular flexibility index (Phi) is 5.26. The first-order valence-electron chi connectivity index (χ1n) is 10.1. The minimum absolute atomic E-state index is 0.132. The van der Waals surface area contributed by atoms with Crippen LogP contribution in [0.1, 0.15) is 24.0 Å². The zero-order valence-corrected chi connectivity index (χ0v) is 17.0. The van der Waals surface area contributed by atoms with Gasteiger partial charge in [-0.2, -0.15) is 0 Å². The predicted octanol–water partition coefficient (Wildman–Crippen LogP) is 2.27. The molecule has 2 unspecified atom stereocenters. The van der Waals surface area contributed by atoms with Crippen LogP contribution in [-0.2, 0) is 4.74 Å². The average molecular weight is 413 g/mol. The molecular weight excluding hydrogens is 388 g/mol. The molecule has 1 N–H and O–H groups in total. The second-order valence-corrected chi connectivity index (χ2v) is 8.50. The Hall–Kier alpha value is -2.36. The maximum absolute atomic E-state index is 10.7. The van der Waals surface area contributed by atoms with E-state index >= 15 is 0 Å². The Morgan fingerprint density at radius 2 is 2.03 bits per heavy atom. The SMILES string of the molecule is OC(c1nccs1)C1CCCN(c2nnnc3cc(N4CCOCC4)ccc23)C1. The first-order chi connectivity index (χ1) is 14.3. The minimum Gasteiger partial charge on any atom is -0.386 e. The maximum Gasteiger partial charge on any atom is 0.162 e. The van der Waals surface area contributed by atoms with Crippen LogP contribution in [-0.4, -0.2) is 64.9 Å². The second kappa shape index (κ2) is 8.17. The summed E-state index contributed by atoms with van der Waals surface area (Å²) in [5.41, 5.74) is 1.99. The van der Waals surface area contributed by atoms with E-state index in [2.05, 4.69) is 48.4 Å². The molecule has 1 aromatic carbocycles. The number of aliphatic hydroxyl groups is 1. The molecule has 5 rings (SSSR count). The molecule has 2 aliphatic heterocycles. The Bertz CT molecular complexity index is 963. The van der Waals surface area contributed by atoms with E-state index in [4.69, 9.17) is 4.74 Å². The molecule has 3 aromatic rings. The topological polar surface area (TPSA) is 87.5 Å². The Morgan fingerprint density at radius 1 is 1.14 bits per heavy atom. The summed E-state index contributed by atoms with van der Waals surface area (Å²) >= 11 is 1.51. The van der Waals surface area contributed by atoms with Crippen molar-refractivity contribution in [3.05, 3.63) is 34.8 Å². The number of benzene rings is 1. The number of piperidine rings is 1.